The standard InChI is InChI=1S/C18H22N2O.ClH/c1-14-6-8-16(9-7-14)17-5-3-4-15(12-17)13-20-18(21)10-11-19-2;/h3-9,12,19H,10-11,13H2,1-2H3,(H,20,21);1H. The van der Waals surface area contributed by atoms with E-state index in [2.05, 4.69) is 54.0 Å². The summed E-state index contributed by atoms with van der Waals surface area (Å²) in [5.41, 5.74) is 4.75. The lowest BCUT2D eigenvalue weighted by atomic mass is 10.0. The molecule has 1 amide bonds. The van der Waals surface area contributed by atoms with Crippen molar-refractivity contribution in [2.45, 2.75) is 19.9 Å². The molecule has 0 saturated heterocycles. The highest BCUT2D eigenvalue weighted by Gasteiger charge is 2.02. The summed E-state index contributed by atoms with van der Waals surface area (Å²) in [6.07, 6.45) is 0.508. The number of hydrogen-bond acceptors (Lipinski definition) is 2. The Morgan fingerprint density at radius 3 is 2.45 bits per heavy atom. The zero-order valence-corrected chi connectivity index (χ0v) is 13.9. The minimum Gasteiger partial charge on any atom is -0.352 e. The van der Waals surface area contributed by atoms with Crippen molar-refractivity contribution in [1.29, 1.82) is 0 Å². The van der Waals surface area contributed by atoms with Gasteiger partial charge in [-0.1, -0.05) is 48.0 Å². The molecule has 0 spiro atoms. The molecule has 118 valence electrons. The SMILES string of the molecule is CNCCC(=O)NCc1cccc(-c2ccc(C)cc2)c1.Cl. The summed E-state index contributed by atoms with van der Waals surface area (Å²) in [4.78, 5) is 11.6. The van der Waals surface area contributed by atoms with Crippen LogP contribution in [-0.4, -0.2) is 19.5 Å². The Morgan fingerprint density at radius 1 is 1.05 bits per heavy atom. The minimum atomic E-state index is 0. The fourth-order valence-corrected chi connectivity index (χ4v) is 2.13. The van der Waals surface area contributed by atoms with Crippen LogP contribution in [0.15, 0.2) is 48.5 Å². The molecule has 0 saturated carbocycles. The lowest BCUT2D eigenvalue weighted by Gasteiger charge is -2.08. The molecule has 0 aliphatic carbocycles. The van der Waals surface area contributed by atoms with Crippen molar-refractivity contribution >= 4 is 18.3 Å². The van der Waals surface area contributed by atoms with Crippen LogP contribution in [0.2, 0.25) is 0 Å². The molecule has 0 aliphatic heterocycles. The third-order valence-electron chi connectivity index (χ3n) is 3.40. The van der Waals surface area contributed by atoms with Crippen LogP contribution in [0.3, 0.4) is 0 Å². The largest absolute Gasteiger partial charge is 0.352 e. The molecule has 0 fully saturated rings. The molecule has 2 aromatic rings. The number of carbonyl (C=O) groups is 1. The lowest BCUT2D eigenvalue weighted by molar-refractivity contribution is -0.121. The van der Waals surface area contributed by atoms with Gasteiger partial charge >= 0.3 is 0 Å². The van der Waals surface area contributed by atoms with E-state index in [0.29, 0.717) is 19.5 Å². The molecule has 0 radical (unpaired) electrons. The minimum absolute atomic E-state index is 0. The van der Waals surface area contributed by atoms with E-state index >= 15 is 0 Å². The molecule has 0 atom stereocenters. The van der Waals surface area contributed by atoms with E-state index in [1.54, 1.807) is 0 Å². The van der Waals surface area contributed by atoms with Gasteiger partial charge in [0.15, 0.2) is 0 Å². The van der Waals surface area contributed by atoms with Crippen molar-refractivity contribution < 1.29 is 4.79 Å². The maximum absolute atomic E-state index is 11.6. The maximum Gasteiger partial charge on any atom is 0.221 e. The van der Waals surface area contributed by atoms with Crippen LogP contribution in [0, 0.1) is 6.92 Å². The van der Waals surface area contributed by atoms with Gasteiger partial charge in [-0.05, 0) is 36.7 Å². The monoisotopic (exact) mass is 318 g/mol. The van der Waals surface area contributed by atoms with E-state index in [1.165, 1.54) is 16.7 Å². The first-order valence-electron chi connectivity index (χ1n) is 7.26. The van der Waals surface area contributed by atoms with E-state index in [9.17, 15) is 4.79 Å². The predicted octanol–water partition coefficient (Wildman–Crippen LogP) is 3.31. The number of nitrogens with one attached hydrogen (secondary N) is 2. The second-order valence-electron chi connectivity index (χ2n) is 5.20. The Morgan fingerprint density at radius 2 is 1.77 bits per heavy atom. The molecule has 0 heterocycles. The van der Waals surface area contributed by atoms with Crippen LogP contribution >= 0.6 is 12.4 Å². The molecule has 2 N–H and O–H groups in total. The number of amides is 1. The van der Waals surface area contributed by atoms with Gasteiger partial charge < -0.3 is 10.6 Å². The van der Waals surface area contributed by atoms with E-state index < -0.39 is 0 Å². The Bertz CT molecular complexity index is 596. The number of rotatable bonds is 6. The molecule has 22 heavy (non-hydrogen) atoms. The highest BCUT2D eigenvalue weighted by atomic mass is 35.5. The molecule has 0 aromatic heterocycles. The number of halogens is 1. The van der Waals surface area contributed by atoms with Crippen LogP contribution in [-0.2, 0) is 11.3 Å². The van der Waals surface area contributed by atoms with Crippen molar-refractivity contribution in [1.82, 2.24) is 10.6 Å². The molecule has 3 nitrogen and oxygen atoms in total. The summed E-state index contributed by atoms with van der Waals surface area (Å²) in [6, 6.07) is 16.8. The summed E-state index contributed by atoms with van der Waals surface area (Å²) in [7, 11) is 1.85. The number of carbonyl (C=O) groups excluding carboxylic acids is 1. The summed E-state index contributed by atoms with van der Waals surface area (Å²) >= 11 is 0. The summed E-state index contributed by atoms with van der Waals surface area (Å²) in [5, 5.41) is 5.91. The lowest BCUT2D eigenvalue weighted by Crippen LogP contribution is -2.26. The topological polar surface area (TPSA) is 41.1 Å². The highest BCUT2D eigenvalue weighted by Crippen LogP contribution is 2.20. The third kappa shape index (κ3) is 5.51. The van der Waals surface area contributed by atoms with Gasteiger partial charge in [-0.25, -0.2) is 0 Å². The number of benzene rings is 2. The Kier molecular flexibility index (Phi) is 7.64. The zero-order valence-electron chi connectivity index (χ0n) is 13.1. The van der Waals surface area contributed by atoms with Crippen molar-refractivity contribution in [3.63, 3.8) is 0 Å². The van der Waals surface area contributed by atoms with E-state index in [1.807, 2.05) is 19.2 Å². The van der Waals surface area contributed by atoms with E-state index in [-0.39, 0.29) is 18.3 Å². The van der Waals surface area contributed by atoms with Crippen LogP contribution in [0.4, 0.5) is 0 Å². The molecule has 0 bridgehead atoms. The average molecular weight is 319 g/mol. The van der Waals surface area contributed by atoms with Gasteiger partial charge in [-0.15, -0.1) is 12.4 Å². The van der Waals surface area contributed by atoms with Gasteiger partial charge in [-0.2, -0.15) is 0 Å². The highest BCUT2D eigenvalue weighted by molar-refractivity contribution is 5.85. The molecule has 4 heteroatoms. The van der Waals surface area contributed by atoms with Crippen LogP contribution in [0.25, 0.3) is 11.1 Å². The molecular formula is C18H23ClN2O. The molecule has 0 aliphatic rings. The second-order valence-corrected chi connectivity index (χ2v) is 5.20. The van der Waals surface area contributed by atoms with Gasteiger partial charge in [0.1, 0.15) is 0 Å². The molecule has 2 aromatic carbocycles. The smallest absolute Gasteiger partial charge is 0.221 e. The van der Waals surface area contributed by atoms with Crippen LogP contribution in [0.1, 0.15) is 17.5 Å². The Labute approximate surface area is 138 Å². The Hall–Kier alpha value is -1.84. The second kappa shape index (κ2) is 9.23. The van der Waals surface area contributed by atoms with Crippen molar-refractivity contribution in [2.75, 3.05) is 13.6 Å². The van der Waals surface area contributed by atoms with Crippen molar-refractivity contribution in [3.05, 3.63) is 59.7 Å². The zero-order chi connectivity index (χ0) is 15.1. The summed E-state index contributed by atoms with van der Waals surface area (Å²) in [6.45, 7) is 3.36. The van der Waals surface area contributed by atoms with Gasteiger partial charge in [0.2, 0.25) is 5.91 Å². The Balaban J connectivity index is 0.00000242. The fraction of sp³-hybridized carbons (Fsp3) is 0.278. The van der Waals surface area contributed by atoms with Gasteiger partial charge in [-0.3, -0.25) is 4.79 Å². The van der Waals surface area contributed by atoms with Crippen LogP contribution < -0.4 is 10.6 Å². The van der Waals surface area contributed by atoms with Crippen molar-refractivity contribution in [3.8, 4) is 11.1 Å². The first-order valence-corrected chi connectivity index (χ1v) is 7.26. The number of aryl methyl sites for hydroxylation is 1. The van der Waals surface area contributed by atoms with Crippen LogP contribution in [0.5, 0.6) is 0 Å². The summed E-state index contributed by atoms with van der Waals surface area (Å²) < 4.78 is 0. The van der Waals surface area contributed by atoms with Gasteiger partial charge in [0.05, 0.1) is 0 Å². The number of hydrogen-bond donors (Lipinski definition) is 2. The summed E-state index contributed by atoms with van der Waals surface area (Å²) in [5.74, 6) is 0.0742. The van der Waals surface area contributed by atoms with E-state index in [4.69, 9.17) is 0 Å². The predicted molar refractivity (Wildman–Crippen MR) is 94.3 cm³/mol. The molecule has 0 unspecified atom stereocenters. The average Bonchev–Trinajstić information content (AvgIpc) is 2.52. The fourth-order valence-electron chi connectivity index (χ4n) is 2.13. The normalized spacial score (nSPS) is 9.91. The van der Waals surface area contributed by atoms with Gasteiger partial charge in [0, 0.05) is 19.5 Å². The first kappa shape index (κ1) is 18.2. The molecule has 2 rings (SSSR count). The van der Waals surface area contributed by atoms with Gasteiger partial charge in [0.25, 0.3) is 0 Å². The quantitative estimate of drug-likeness (QED) is 0.858. The van der Waals surface area contributed by atoms with Crippen molar-refractivity contribution in [2.24, 2.45) is 0 Å². The van der Waals surface area contributed by atoms with E-state index in [0.717, 1.165) is 5.56 Å². The first-order chi connectivity index (χ1) is 10.2. The third-order valence-corrected chi connectivity index (χ3v) is 3.40. The molecular weight excluding hydrogens is 296 g/mol. The maximum atomic E-state index is 11.6.